The third-order valence-electron chi connectivity index (χ3n) is 5.49. The molecule has 32 heavy (non-hydrogen) atoms. The van der Waals surface area contributed by atoms with E-state index in [2.05, 4.69) is 53.6 Å². The highest BCUT2D eigenvalue weighted by molar-refractivity contribution is 5.97. The highest BCUT2D eigenvalue weighted by Crippen LogP contribution is 2.11. The van der Waals surface area contributed by atoms with Crippen molar-refractivity contribution in [3.63, 3.8) is 0 Å². The summed E-state index contributed by atoms with van der Waals surface area (Å²) >= 11 is 0. The fourth-order valence-corrected chi connectivity index (χ4v) is 3.61. The number of carbonyl (C=O) groups excluding carboxylic acids is 2. The predicted octanol–water partition coefficient (Wildman–Crippen LogP) is 2.42. The molecule has 0 saturated carbocycles. The number of benzene rings is 2. The van der Waals surface area contributed by atoms with Crippen LogP contribution in [0.1, 0.15) is 40.9 Å². The van der Waals surface area contributed by atoms with Crippen LogP contribution in [0.3, 0.4) is 0 Å². The van der Waals surface area contributed by atoms with Gasteiger partial charge in [0.1, 0.15) is 0 Å². The smallest absolute Gasteiger partial charge is 0.254 e. The van der Waals surface area contributed by atoms with Crippen molar-refractivity contribution in [2.45, 2.75) is 33.4 Å². The fraction of sp³-hybridized carbons (Fsp3) is 0.400. The van der Waals surface area contributed by atoms with Crippen LogP contribution in [0.5, 0.6) is 0 Å². The largest absolute Gasteiger partial charge is 0.357 e. The lowest BCUT2D eigenvalue weighted by Crippen LogP contribution is -2.49. The van der Waals surface area contributed by atoms with E-state index in [1.165, 1.54) is 11.1 Å². The van der Waals surface area contributed by atoms with Gasteiger partial charge in [0.2, 0.25) is 5.91 Å². The highest BCUT2D eigenvalue weighted by Gasteiger charge is 2.22. The minimum atomic E-state index is -0.114. The lowest BCUT2D eigenvalue weighted by molar-refractivity contribution is -0.123. The van der Waals surface area contributed by atoms with Crippen LogP contribution in [-0.2, 0) is 24.3 Å². The van der Waals surface area contributed by atoms with E-state index in [1.54, 1.807) is 4.90 Å². The average molecular weight is 436 g/mol. The monoisotopic (exact) mass is 435 g/mol. The van der Waals surface area contributed by atoms with Crippen LogP contribution in [0, 0.1) is 0 Å². The number of amides is 2. The molecule has 2 aromatic carbocycles. The molecule has 2 amide bonds. The first kappa shape index (κ1) is 23.3. The topological polar surface area (TPSA) is 77.0 Å². The summed E-state index contributed by atoms with van der Waals surface area (Å²) in [5, 5.41) is 6.09. The van der Waals surface area contributed by atoms with Gasteiger partial charge in [0.15, 0.2) is 5.96 Å². The van der Waals surface area contributed by atoms with E-state index >= 15 is 0 Å². The first-order chi connectivity index (χ1) is 15.5. The molecular weight excluding hydrogens is 402 g/mol. The molecule has 0 aromatic heterocycles. The molecule has 7 nitrogen and oxygen atoms in total. The van der Waals surface area contributed by atoms with Crippen molar-refractivity contribution in [1.29, 1.82) is 0 Å². The van der Waals surface area contributed by atoms with Crippen LogP contribution in [0.2, 0.25) is 0 Å². The van der Waals surface area contributed by atoms with Crippen molar-refractivity contribution in [2.75, 3.05) is 33.2 Å². The number of hydrogen-bond donors (Lipinski definition) is 2. The lowest BCUT2D eigenvalue weighted by atomic mass is 10.1. The maximum absolute atomic E-state index is 12.6. The number of nitrogens with one attached hydrogen (secondary N) is 2. The maximum Gasteiger partial charge on any atom is 0.254 e. The Kier molecular flexibility index (Phi) is 8.25. The van der Waals surface area contributed by atoms with E-state index < -0.39 is 0 Å². The highest BCUT2D eigenvalue weighted by atomic mass is 16.2. The Morgan fingerprint density at radius 2 is 1.72 bits per heavy atom. The van der Waals surface area contributed by atoms with Crippen LogP contribution in [-0.4, -0.2) is 60.8 Å². The second kappa shape index (κ2) is 11.3. The van der Waals surface area contributed by atoms with Crippen LogP contribution >= 0.6 is 0 Å². The molecule has 0 bridgehead atoms. The molecule has 0 unspecified atom stereocenters. The molecule has 2 aromatic rings. The number of aliphatic imine (C=N–C) groups is 1. The zero-order valence-corrected chi connectivity index (χ0v) is 19.2. The van der Waals surface area contributed by atoms with Crippen LogP contribution in [0.15, 0.2) is 53.5 Å². The first-order valence-electron chi connectivity index (χ1n) is 11.2. The van der Waals surface area contributed by atoms with Gasteiger partial charge in [-0.15, -0.1) is 0 Å². The third kappa shape index (κ3) is 6.33. The average Bonchev–Trinajstić information content (AvgIpc) is 2.82. The molecular formula is C25H33N5O2. The van der Waals surface area contributed by atoms with Crippen molar-refractivity contribution >= 4 is 17.8 Å². The van der Waals surface area contributed by atoms with Crippen molar-refractivity contribution in [1.82, 2.24) is 20.4 Å². The second-order valence-corrected chi connectivity index (χ2v) is 7.97. The van der Waals surface area contributed by atoms with Gasteiger partial charge in [-0.3, -0.25) is 9.59 Å². The molecule has 1 saturated heterocycles. The van der Waals surface area contributed by atoms with Crippen molar-refractivity contribution in [2.24, 2.45) is 4.99 Å². The van der Waals surface area contributed by atoms with Gasteiger partial charge in [0.25, 0.3) is 5.91 Å². The number of aryl methyl sites for hydroxylation is 1. The van der Waals surface area contributed by atoms with Gasteiger partial charge in [0.05, 0.1) is 13.1 Å². The lowest BCUT2D eigenvalue weighted by Gasteiger charge is -2.26. The zero-order chi connectivity index (χ0) is 22.9. The van der Waals surface area contributed by atoms with Gasteiger partial charge >= 0.3 is 0 Å². The number of rotatable bonds is 7. The molecule has 1 heterocycles. The van der Waals surface area contributed by atoms with Crippen LogP contribution in [0.25, 0.3) is 0 Å². The standard InChI is InChI=1S/C25H33N5O2/c1-4-19-6-8-21(9-7-19)17-29(3)25(26-5-2)28-16-20-10-12-22(13-11-20)24(32)30-15-14-27-23(31)18-30/h6-13H,4-5,14-18H2,1-3H3,(H,26,28)(H,27,31). The van der Waals surface area contributed by atoms with E-state index in [0.29, 0.717) is 25.2 Å². The summed E-state index contributed by atoms with van der Waals surface area (Å²) in [5.41, 5.74) is 4.19. The van der Waals surface area contributed by atoms with Crippen molar-refractivity contribution in [3.8, 4) is 0 Å². The molecule has 7 heteroatoms. The van der Waals surface area contributed by atoms with Gasteiger partial charge in [0, 0.05) is 38.8 Å². The number of piperazine rings is 1. The number of carbonyl (C=O) groups is 2. The first-order valence-corrected chi connectivity index (χ1v) is 11.2. The minimum Gasteiger partial charge on any atom is -0.357 e. The van der Waals surface area contributed by atoms with Crippen molar-refractivity contribution < 1.29 is 9.59 Å². The van der Waals surface area contributed by atoms with Crippen LogP contribution in [0.4, 0.5) is 0 Å². The van der Waals surface area contributed by atoms with Gasteiger partial charge in [-0.25, -0.2) is 4.99 Å². The Balaban J connectivity index is 1.62. The second-order valence-electron chi connectivity index (χ2n) is 7.97. The van der Waals surface area contributed by atoms with Gasteiger partial charge in [-0.2, -0.15) is 0 Å². The maximum atomic E-state index is 12.6. The molecule has 0 radical (unpaired) electrons. The number of guanidine groups is 1. The molecule has 2 N–H and O–H groups in total. The Hall–Kier alpha value is -3.35. The zero-order valence-electron chi connectivity index (χ0n) is 19.2. The minimum absolute atomic E-state index is 0.114. The van der Waals surface area contributed by atoms with Gasteiger partial charge < -0.3 is 20.4 Å². The number of hydrogen-bond acceptors (Lipinski definition) is 3. The van der Waals surface area contributed by atoms with E-state index in [-0.39, 0.29) is 18.4 Å². The molecule has 1 fully saturated rings. The summed E-state index contributed by atoms with van der Waals surface area (Å²) in [5.74, 6) is 0.612. The Morgan fingerprint density at radius 3 is 2.34 bits per heavy atom. The third-order valence-corrected chi connectivity index (χ3v) is 5.49. The Morgan fingerprint density at radius 1 is 1.06 bits per heavy atom. The molecule has 0 aliphatic carbocycles. The van der Waals surface area contributed by atoms with Gasteiger partial charge in [-0.1, -0.05) is 43.3 Å². The summed E-state index contributed by atoms with van der Waals surface area (Å²) < 4.78 is 0. The molecule has 1 aliphatic rings. The SMILES string of the molecule is CCNC(=NCc1ccc(C(=O)N2CCNC(=O)C2)cc1)N(C)Cc1ccc(CC)cc1. The summed E-state index contributed by atoms with van der Waals surface area (Å²) in [6, 6.07) is 16.2. The molecule has 0 spiro atoms. The van der Waals surface area contributed by atoms with E-state index in [9.17, 15) is 9.59 Å². The van der Waals surface area contributed by atoms with Crippen molar-refractivity contribution in [3.05, 3.63) is 70.8 Å². The van der Waals surface area contributed by atoms with Crippen LogP contribution < -0.4 is 10.6 Å². The Labute approximate surface area is 190 Å². The normalized spacial score (nSPS) is 14.2. The van der Waals surface area contributed by atoms with E-state index in [1.807, 2.05) is 31.3 Å². The quantitative estimate of drug-likeness (QED) is 0.517. The summed E-state index contributed by atoms with van der Waals surface area (Å²) in [4.78, 5) is 32.6. The predicted molar refractivity (Wildman–Crippen MR) is 127 cm³/mol. The van der Waals surface area contributed by atoms with E-state index in [0.717, 1.165) is 31.0 Å². The molecule has 170 valence electrons. The summed E-state index contributed by atoms with van der Waals surface area (Å²) in [6.07, 6.45) is 1.04. The molecule has 3 rings (SSSR count). The Bertz CT molecular complexity index is 938. The summed E-state index contributed by atoms with van der Waals surface area (Å²) in [6.45, 7) is 7.44. The summed E-state index contributed by atoms with van der Waals surface area (Å²) in [7, 11) is 2.03. The molecule has 1 aliphatic heterocycles. The number of nitrogens with zero attached hydrogens (tertiary/aromatic N) is 3. The van der Waals surface area contributed by atoms with Gasteiger partial charge in [-0.05, 0) is 42.2 Å². The molecule has 0 atom stereocenters. The van der Waals surface area contributed by atoms with E-state index in [4.69, 9.17) is 4.99 Å². The fourth-order valence-electron chi connectivity index (χ4n) is 3.61.